The van der Waals surface area contributed by atoms with Gasteiger partial charge in [-0.2, -0.15) is 0 Å². The molecule has 1 aromatic rings. The van der Waals surface area contributed by atoms with Gasteiger partial charge in [0.25, 0.3) is 0 Å². The Kier molecular flexibility index (Phi) is 5.35. The first-order valence-corrected chi connectivity index (χ1v) is 7.31. The van der Waals surface area contributed by atoms with Crippen LogP contribution in [0.15, 0.2) is 18.2 Å². The summed E-state index contributed by atoms with van der Waals surface area (Å²) in [5.74, 6) is -0.174. The van der Waals surface area contributed by atoms with E-state index in [-0.39, 0.29) is 18.5 Å². The molecule has 2 N–H and O–H groups in total. The highest BCUT2D eigenvalue weighted by Gasteiger charge is 2.24. The molecule has 1 aliphatic heterocycles. The van der Waals surface area contributed by atoms with E-state index in [1.165, 1.54) is 6.07 Å². The molecule has 1 saturated heterocycles. The summed E-state index contributed by atoms with van der Waals surface area (Å²) in [6.45, 7) is 3.73. The van der Waals surface area contributed by atoms with Crippen LogP contribution in [-0.4, -0.2) is 42.8 Å². The molecule has 2 rings (SSSR count). The molecule has 100 valence electrons. The monoisotopic (exact) mass is 364 g/mol. The third kappa shape index (κ3) is 3.40. The van der Waals surface area contributed by atoms with Crippen molar-refractivity contribution in [1.82, 2.24) is 10.2 Å². The van der Waals surface area contributed by atoms with E-state index in [2.05, 4.69) is 32.8 Å². The largest absolute Gasteiger partial charge is 0.396 e. The minimum absolute atomic E-state index is 0.0215. The molecule has 1 fully saturated rings. The van der Waals surface area contributed by atoms with Crippen molar-refractivity contribution in [1.29, 1.82) is 0 Å². The van der Waals surface area contributed by atoms with Gasteiger partial charge in [-0.15, -0.1) is 0 Å². The third-order valence-corrected chi connectivity index (χ3v) is 3.98. The maximum atomic E-state index is 14.0. The van der Waals surface area contributed by atoms with Gasteiger partial charge in [0.15, 0.2) is 0 Å². The Hall–Kier alpha value is -0.240. The number of hydrogen-bond donors (Lipinski definition) is 2. The van der Waals surface area contributed by atoms with Crippen LogP contribution in [0.25, 0.3) is 0 Å². The van der Waals surface area contributed by atoms with Crippen molar-refractivity contribution in [3.8, 4) is 0 Å². The average molecular weight is 364 g/mol. The Morgan fingerprint density at radius 1 is 1.39 bits per heavy atom. The molecule has 0 saturated carbocycles. The summed E-state index contributed by atoms with van der Waals surface area (Å²) >= 11 is 2.19. The van der Waals surface area contributed by atoms with Gasteiger partial charge in [0.1, 0.15) is 5.82 Å². The second-order valence-corrected chi connectivity index (χ2v) is 5.73. The molecule has 0 unspecified atom stereocenters. The van der Waals surface area contributed by atoms with Crippen LogP contribution in [0.5, 0.6) is 0 Å². The van der Waals surface area contributed by atoms with Crippen molar-refractivity contribution in [2.45, 2.75) is 12.5 Å². The Balaban J connectivity index is 2.24. The summed E-state index contributed by atoms with van der Waals surface area (Å²) in [5.41, 5.74) is 0.706. The standard InChI is InChI=1S/C13H18FIN2O/c14-12-2-1-10(15)9-11(12)13(3-8-18)17-6-4-16-5-7-17/h1-2,9,13,16,18H,3-8H2/t13-/m0/s1. The van der Waals surface area contributed by atoms with Crippen LogP contribution >= 0.6 is 22.6 Å². The predicted molar refractivity (Wildman–Crippen MR) is 78.0 cm³/mol. The number of piperazine rings is 1. The van der Waals surface area contributed by atoms with E-state index in [4.69, 9.17) is 0 Å². The van der Waals surface area contributed by atoms with Crippen LogP contribution in [0.2, 0.25) is 0 Å². The lowest BCUT2D eigenvalue weighted by Crippen LogP contribution is -2.45. The zero-order valence-electron chi connectivity index (χ0n) is 10.2. The first-order chi connectivity index (χ1) is 8.72. The van der Waals surface area contributed by atoms with Gasteiger partial charge < -0.3 is 10.4 Å². The maximum absolute atomic E-state index is 14.0. The predicted octanol–water partition coefficient (Wildman–Crippen LogP) is 1.76. The van der Waals surface area contributed by atoms with Crippen molar-refractivity contribution in [2.75, 3.05) is 32.8 Å². The molecule has 0 radical (unpaired) electrons. The molecule has 0 spiro atoms. The van der Waals surface area contributed by atoms with E-state index in [0.717, 1.165) is 29.7 Å². The molecule has 3 nitrogen and oxygen atoms in total. The quantitative estimate of drug-likeness (QED) is 0.800. The summed E-state index contributed by atoms with van der Waals surface area (Å²) in [5, 5.41) is 12.5. The first-order valence-electron chi connectivity index (χ1n) is 6.23. The molecule has 1 aromatic carbocycles. The lowest BCUT2D eigenvalue weighted by atomic mass is 10.0. The van der Waals surface area contributed by atoms with Gasteiger partial charge in [0.2, 0.25) is 0 Å². The number of hydrogen-bond acceptors (Lipinski definition) is 3. The third-order valence-electron chi connectivity index (χ3n) is 3.31. The van der Waals surface area contributed by atoms with Crippen molar-refractivity contribution < 1.29 is 9.50 Å². The Morgan fingerprint density at radius 2 is 2.11 bits per heavy atom. The molecule has 1 heterocycles. The number of nitrogens with one attached hydrogen (secondary N) is 1. The fourth-order valence-electron chi connectivity index (χ4n) is 2.42. The number of rotatable bonds is 4. The van der Waals surface area contributed by atoms with Crippen molar-refractivity contribution >= 4 is 22.6 Å². The van der Waals surface area contributed by atoms with Gasteiger partial charge in [-0.25, -0.2) is 4.39 Å². The molecule has 5 heteroatoms. The lowest BCUT2D eigenvalue weighted by molar-refractivity contribution is 0.138. The van der Waals surface area contributed by atoms with Gasteiger partial charge in [0.05, 0.1) is 0 Å². The molecule has 18 heavy (non-hydrogen) atoms. The highest BCUT2D eigenvalue weighted by Crippen LogP contribution is 2.28. The fraction of sp³-hybridized carbons (Fsp3) is 0.538. The van der Waals surface area contributed by atoms with E-state index in [1.807, 2.05) is 6.07 Å². The topological polar surface area (TPSA) is 35.5 Å². The lowest BCUT2D eigenvalue weighted by Gasteiger charge is -2.35. The molecule has 0 amide bonds. The van der Waals surface area contributed by atoms with E-state index in [9.17, 15) is 9.50 Å². The molecule has 0 bridgehead atoms. The number of halogens is 2. The zero-order valence-corrected chi connectivity index (χ0v) is 12.4. The number of aliphatic hydroxyl groups excluding tert-OH is 1. The summed E-state index contributed by atoms with van der Waals surface area (Å²) < 4.78 is 15.0. The smallest absolute Gasteiger partial charge is 0.128 e. The van der Waals surface area contributed by atoms with Crippen LogP contribution in [0, 0.1) is 9.39 Å². The van der Waals surface area contributed by atoms with Gasteiger partial charge >= 0.3 is 0 Å². The Labute approximate surface area is 121 Å². The molecular formula is C13H18FIN2O. The van der Waals surface area contributed by atoms with Crippen LogP contribution < -0.4 is 5.32 Å². The number of nitrogens with zero attached hydrogens (tertiary/aromatic N) is 1. The van der Waals surface area contributed by atoms with E-state index >= 15 is 0 Å². The summed E-state index contributed by atoms with van der Waals surface area (Å²) in [4.78, 5) is 2.25. The van der Waals surface area contributed by atoms with Crippen LogP contribution in [0.4, 0.5) is 4.39 Å². The van der Waals surface area contributed by atoms with Crippen LogP contribution in [0.1, 0.15) is 18.0 Å². The second kappa shape index (κ2) is 6.79. The zero-order chi connectivity index (χ0) is 13.0. The highest BCUT2D eigenvalue weighted by molar-refractivity contribution is 14.1. The fourth-order valence-corrected chi connectivity index (χ4v) is 2.94. The Bertz CT molecular complexity index is 397. The minimum atomic E-state index is -0.174. The van der Waals surface area contributed by atoms with Crippen LogP contribution in [0.3, 0.4) is 0 Å². The summed E-state index contributed by atoms with van der Waals surface area (Å²) in [6.07, 6.45) is 0.580. The van der Waals surface area contributed by atoms with Gasteiger partial charge in [-0.1, -0.05) is 0 Å². The summed E-state index contributed by atoms with van der Waals surface area (Å²) in [7, 11) is 0. The number of aliphatic hydroxyl groups is 1. The normalized spacial score (nSPS) is 18.8. The first kappa shape index (κ1) is 14.2. The van der Waals surface area contributed by atoms with Crippen molar-refractivity contribution in [2.24, 2.45) is 0 Å². The second-order valence-electron chi connectivity index (χ2n) is 4.48. The van der Waals surface area contributed by atoms with E-state index in [1.54, 1.807) is 6.07 Å². The van der Waals surface area contributed by atoms with E-state index in [0.29, 0.717) is 12.0 Å². The highest BCUT2D eigenvalue weighted by atomic mass is 127. The molecule has 0 aliphatic carbocycles. The molecular weight excluding hydrogens is 346 g/mol. The average Bonchev–Trinajstić information content (AvgIpc) is 2.40. The SMILES string of the molecule is OCC[C@@H](c1cc(I)ccc1F)N1CCNCC1. The maximum Gasteiger partial charge on any atom is 0.128 e. The molecule has 1 atom stereocenters. The van der Waals surface area contributed by atoms with Gasteiger partial charge in [-0.3, -0.25) is 4.90 Å². The number of benzene rings is 1. The molecule has 0 aromatic heterocycles. The van der Waals surface area contributed by atoms with Gasteiger partial charge in [-0.05, 0) is 47.2 Å². The van der Waals surface area contributed by atoms with Crippen molar-refractivity contribution in [3.63, 3.8) is 0 Å². The Morgan fingerprint density at radius 3 is 2.78 bits per heavy atom. The van der Waals surface area contributed by atoms with Crippen LogP contribution in [-0.2, 0) is 0 Å². The van der Waals surface area contributed by atoms with Crippen molar-refractivity contribution in [3.05, 3.63) is 33.1 Å². The van der Waals surface area contributed by atoms with Gasteiger partial charge in [0, 0.05) is 48.0 Å². The minimum Gasteiger partial charge on any atom is -0.396 e. The summed E-state index contributed by atoms with van der Waals surface area (Å²) in [6, 6.07) is 5.15. The molecule has 1 aliphatic rings. The van der Waals surface area contributed by atoms with E-state index < -0.39 is 0 Å².